The van der Waals surface area contributed by atoms with E-state index in [2.05, 4.69) is 11.5 Å². The second kappa shape index (κ2) is 12.8. The molecule has 1 atom stereocenters. The number of nitrogens with two attached hydrogens (primary N) is 1. The van der Waals surface area contributed by atoms with Gasteiger partial charge in [0.25, 0.3) is 11.8 Å². The second-order valence-electron chi connectivity index (χ2n) is 13.9. The summed E-state index contributed by atoms with van der Waals surface area (Å²) in [7, 11) is 3.75. The van der Waals surface area contributed by atoms with Crippen molar-refractivity contribution >= 4 is 62.5 Å². The first-order valence-electron chi connectivity index (χ1n) is 17.2. The highest BCUT2D eigenvalue weighted by molar-refractivity contribution is 6.35. The number of aromatic nitrogens is 4. The molecule has 3 aromatic carbocycles. The molecule has 4 heterocycles. The van der Waals surface area contributed by atoms with Crippen molar-refractivity contribution in [2.75, 3.05) is 18.1 Å². The van der Waals surface area contributed by atoms with Crippen LogP contribution < -0.4 is 15.4 Å². The molecule has 0 fully saturated rings. The van der Waals surface area contributed by atoms with Gasteiger partial charge in [0.05, 0.1) is 34.0 Å². The highest BCUT2D eigenvalue weighted by Crippen LogP contribution is 2.46. The molecule has 1 aliphatic heterocycles. The third-order valence-corrected chi connectivity index (χ3v) is 11.3. The van der Waals surface area contributed by atoms with Gasteiger partial charge >= 0.3 is 0 Å². The van der Waals surface area contributed by atoms with Crippen molar-refractivity contribution in [3.63, 3.8) is 0 Å². The zero-order valence-corrected chi connectivity index (χ0v) is 31.8. The zero-order valence-electron chi connectivity index (χ0n) is 30.2. The third-order valence-electron chi connectivity index (χ3n) is 10.4. The molecule has 0 spiro atoms. The van der Waals surface area contributed by atoms with Crippen LogP contribution in [0.25, 0.3) is 32.9 Å². The van der Waals surface area contributed by atoms with Crippen LogP contribution in [-0.2, 0) is 20.5 Å². The number of hydrogen-bond donors (Lipinski definition) is 1. The Morgan fingerprint density at radius 1 is 0.980 bits per heavy atom. The van der Waals surface area contributed by atoms with E-state index in [0.717, 1.165) is 83.0 Å². The van der Waals surface area contributed by atoms with Gasteiger partial charge in [-0.2, -0.15) is 5.10 Å². The number of rotatable bonds is 8. The number of fused-ring (bicyclic) bond motifs is 4. The number of primary amides is 1. The van der Waals surface area contributed by atoms with Crippen LogP contribution in [0.1, 0.15) is 74.0 Å². The van der Waals surface area contributed by atoms with E-state index < -0.39 is 5.91 Å². The molecule has 1 aliphatic rings. The fourth-order valence-electron chi connectivity index (χ4n) is 8.01. The van der Waals surface area contributed by atoms with Crippen LogP contribution in [0.15, 0.2) is 42.5 Å². The van der Waals surface area contributed by atoms with Gasteiger partial charge in [-0.05, 0) is 113 Å². The van der Waals surface area contributed by atoms with Crippen molar-refractivity contribution < 1.29 is 14.3 Å². The Morgan fingerprint density at radius 3 is 2.33 bits per heavy atom. The molecule has 0 saturated heterocycles. The van der Waals surface area contributed by atoms with Gasteiger partial charge in [0.1, 0.15) is 17.1 Å². The number of halogens is 2. The Hall–Kier alpha value is -4.73. The normalized spacial score (nSPS) is 14.6. The Bertz CT molecular complexity index is 2410. The molecule has 0 aliphatic carbocycles. The van der Waals surface area contributed by atoms with E-state index in [9.17, 15) is 4.79 Å². The van der Waals surface area contributed by atoms with Crippen molar-refractivity contribution in [1.82, 2.24) is 18.9 Å². The Kier molecular flexibility index (Phi) is 8.71. The number of carbonyl (C=O) groups is 2. The molecule has 0 saturated carbocycles. The molecule has 7 rings (SSSR count). The number of ether oxygens (including phenoxy) is 1. The highest BCUT2D eigenvalue weighted by Gasteiger charge is 2.37. The van der Waals surface area contributed by atoms with Crippen molar-refractivity contribution in [1.29, 1.82) is 0 Å². The molecular formula is C40H42Cl2N6O3. The molecule has 3 aromatic heterocycles. The van der Waals surface area contributed by atoms with Gasteiger partial charge in [-0.3, -0.25) is 14.3 Å². The number of carbonyl (C=O) groups excluding carboxylic acids is 2. The molecule has 2 amide bonds. The smallest absolute Gasteiger partial charge is 0.275 e. The molecule has 264 valence electrons. The van der Waals surface area contributed by atoms with E-state index in [4.69, 9.17) is 38.8 Å². The number of amides is 2. The average Bonchev–Trinajstić information content (AvgIpc) is 3.67. The van der Waals surface area contributed by atoms with Gasteiger partial charge in [-0.15, -0.1) is 0 Å². The van der Waals surface area contributed by atoms with E-state index in [1.54, 1.807) is 10.6 Å². The van der Waals surface area contributed by atoms with Gasteiger partial charge < -0.3 is 24.5 Å². The fraction of sp³-hybridized carbons (Fsp3) is 0.325. The van der Waals surface area contributed by atoms with E-state index in [1.165, 1.54) is 0 Å². The monoisotopic (exact) mass is 724 g/mol. The van der Waals surface area contributed by atoms with Gasteiger partial charge in [0, 0.05) is 59.3 Å². The average molecular weight is 726 g/mol. The quantitative estimate of drug-likeness (QED) is 0.159. The third kappa shape index (κ3) is 5.58. The maximum absolute atomic E-state index is 15.1. The summed E-state index contributed by atoms with van der Waals surface area (Å²) in [6, 6.07) is 13.6. The van der Waals surface area contributed by atoms with E-state index in [0.29, 0.717) is 42.4 Å². The number of nitrogens with zero attached hydrogens (tertiary/aromatic N) is 5. The lowest BCUT2D eigenvalue weighted by Gasteiger charge is -2.35. The minimum atomic E-state index is -0.519. The lowest BCUT2D eigenvalue weighted by Crippen LogP contribution is -2.43. The summed E-state index contributed by atoms with van der Waals surface area (Å²) in [4.78, 5) is 29.3. The Morgan fingerprint density at radius 2 is 1.69 bits per heavy atom. The van der Waals surface area contributed by atoms with Crippen molar-refractivity contribution in [3.05, 3.63) is 97.5 Å². The van der Waals surface area contributed by atoms with Crippen LogP contribution in [0.4, 0.5) is 5.69 Å². The molecule has 11 heteroatoms. The van der Waals surface area contributed by atoms with Gasteiger partial charge in [0.2, 0.25) is 0 Å². The van der Waals surface area contributed by atoms with Crippen LogP contribution in [0, 0.1) is 34.6 Å². The molecule has 0 radical (unpaired) electrons. The molecule has 6 aromatic rings. The van der Waals surface area contributed by atoms with Crippen LogP contribution in [0.2, 0.25) is 10.0 Å². The first-order valence-corrected chi connectivity index (χ1v) is 17.9. The predicted molar refractivity (Wildman–Crippen MR) is 206 cm³/mol. The molecule has 2 N–H and O–H groups in total. The maximum atomic E-state index is 15.1. The number of benzene rings is 3. The SMILES string of the molecule is Cc1cc(N2C[C@@H](C)n3c(c(CCCOc4cc(C)c(Cl)c(C)c4)c4ccc(Cl)c(-c5c(C)nn(C)c5C)c43)C2=O)c2c(c1)cc(C(N)=O)n2C. The molecular weight excluding hydrogens is 683 g/mol. The highest BCUT2D eigenvalue weighted by atomic mass is 35.5. The van der Waals surface area contributed by atoms with E-state index >= 15 is 4.79 Å². The van der Waals surface area contributed by atoms with Crippen molar-refractivity contribution in [2.45, 2.75) is 60.4 Å². The summed E-state index contributed by atoms with van der Waals surface area (Å²) in [5.41, 5.74) is 16.8. The molecule has 0 bridgehead atoms. The minimum Gasteiger partial charge on any atom is -0.494 e. The zero-order chi connectivity index (χ0) is 36.6. The van der Waals surface area contributed by atoms with Crippen molar-refractivity contribution in [2.24, 2.45) is 19.8 Å². The number of aryl methyl sites for hydroxylation is 7. The van der Waals surface area contributed by atoms with Gasteiger partial charge in [-0.25, -0.2) is 0 Å². The fourth-order valence-corrected chi connectivity index (χ4v) is 8.36. The largest absolute Gasteiger partial charge is 0.494 e. The topological polar surface area (TPSA) is 100 Å². The molecule has 0 unspecified atom stereocenters. The predicted octanol–water partition coefficient (Wildman–Crippen LogP) is 8.71. The summed E-state index contributed by atoms with van der Waals surface area (Å²) in [5, 5.41) is 7.91. The van der Waals surface area contributed by atoms with E-state index in [-0.39, 0.29) is 11.9 Å². The van der Waals surface area contributed by atoms with Crippen LogP contribution in [0.3, 0.4) is 0 Å². The summed E-state index contributed by atoms with van der Waals surface area (Å²) in [5.74, 6) is 0.140. The lowest BCUT2D eigenvalue weighted by atomic mass is 9.98. The van der Waals surface area contributed by atoms with Crippen molar-refractivity contribution in [3.8, 4) is 16.9 Å². The maximum Gasteiger partial charge on any atom is 0.275 e. The lowest BCUT2D eigenvalue weighted by molar-refractivity contribution is 0.0956. The van der Waals surface area contributed by atoms with Gasteiger partial charge in [-0.1, -0.05) is 29.3 Å². The summed E-state index contributed by atoms with van der Waals surface area (Å²) in [6.45, 7) is 13.0. The van der Waals surface area contributed by atoms with Crippen LogP contribution >= 0.6 is 23.2 Å². The van der Waals surface area contributed by atoms with Gasteiger partial charge in [0.15, 0.2) is 0 Å². The number of anilines is 1. The Balaban J connectivity index is 1.40. The molecule has 51 heavy (non-hydrogen) atoms. The molecule has 9 nitrogen and oxygen atoms in total. The van der Waals surface area contributed by atoms with E-state index in [1.807, 2.05) is 94.7 Å². The summed E-state index contributed by atoms with van der Waals surface area (Å²) < 4.78 is 12.1. The van der Waals surface area contributed by atoms with Crippen LogP contribution in [0.5, 0.6) is 5.75 Å². The summed E-state index contributed by atoms with van der Waals surface area (Å²) in [6.07, 6.45) is 1.27. The second-order valence-corrected chi connectivity index (χ2v) is 14.7. The standard InChI is InChI=1S/C40H42Cl2N6O3/c1-20-14-26-18-32(39(43)49)45(7)36(26)31(15-20)47-19-23(4)48-37-29(11-12-30(41)34(37)33-24(5)44-46(8)25(33)6)28(38(48)40(47)50)10-9-13-51-27-16-21(2)35(42)22(3)17-27/h11-12,14-18,23H,9-10,13,19H2,1-8H3,(H2,43,49)/t23-/m1/s1. The Labute approximate surface area is 307 Å². The number of hydrogen-bond acceptors (Lipinski definition) is 4. The minimum absolute atomic E-state index is 0.111. The first kappa shape index (κ1) is 34.7. The van der Waals surface area contributed by atoms with Crippen LogP contribution in [-0.4, -0.2) is 43.9 Å². The first-order chi connectivity index (χ1) is 24.2. The summed E-state index contributed by atoms with van der Waals surface area (Å²) >= 11 is 13.5.